The number of nitrogens with one attached hydrogen (secondary N) is 2. The highest BCUT2D eigenvalue weighted by Crippen LogP contribution is 2.21. The summed E-state index contributed by atoms with van der Waals surface area (Å²) in [7, 11) is 0. The van der Waals surface area contributed by atoms with Crippen molar-refractivity contribution in [3.63, 3.8) is 0 Å². The molecule has 0 unspecified atom stereocenters. The van der Waals surface area contributed by atoms with E-state index in [1.165, 1.54) is 6.20 Å². The fourth-order valence-electron chi connectivity index (χ4n) is 0.921. The molecule has 2 aromatic heterocycles. The van der Waals surface area contributed by atoms with Gasteiger partial charge in [0.05, 0.1) is 12.4 Å². The SMILES string of the molecule is Nc1ncc(Cl)c(Nc2ccn[nH]2)n1. The molecule has 0 saturated heterocycles. The average Bonchev–Trinajstić information content (AvgIpc) is 2.64. The summed E-state index contributed by atoms with van der Waals surface area (Å²) in [5.41, 5.74) is 5.41. The molecule has 2 heterocycles. The van der Waals surface area contributed by atoms with Crippen LogP contribution in [0.25, 0.3) is 0 Å². The molecule has 0 amide bonds. The summed E-state index contributed by atoms with van der Waals surface area (Å²) in [4.78, 5) is 7.66. The van der Waals surface area contributed by atoms with Gasteiger partial charge in [-0.1, -0.05) is 11.6 Å². The first-order valence-corrected chi connectivity index (χ1v) is 4.18. The van der Waals surface area contributed by atoms with Crippen molar-refractivity contribution in [3.05, 3.63) is 23.5 Å². The molecule has 14 heavy (non-hydrogen) atoms. The molecular formula is C7H7ClN6. The molecule has 0 aliphatic carbocycles. The lowest BCUT2D eigenvalue weighted by atomic mass is 10.5. The van der Waals surface area contributed by atoms with E-state index in [1.807, 2.05) is 0 Å². The Morgan fingerprint density at radius 1 is 1.50 bits per heavy atom. The third kappa shape index (κ3) is 1.74. The van der Waals surface area contributed by atoms with Gasteiger partial charge in [-0.15, -0.1) is 0 Å². The number of rotatable bonds is 2. The number of anilines is 3. The summed E-state index contributed by atoms with van der Waals surface area (Å²) >= 11 is 5.84. The number of aromatic nitrogens is 4. The second-order valence-electron chi connectivity index (χ2n) is 2.52. The van der Waals surface area contributed by atoms with E-state index < -0.39 is 0 Å². The van der Waals surface area contributed by atoms with Crippen LogP contribution in [0.4, 0.5) is 17.6 Å². The molecule has 72 valence electrons. The summed E-state index contributed by atoms with van der Waals surface area (Å²) in [5.74, 6) is 1.30. The van der Waals surface area contributed by atoms with Crippen LogP contribution in [-0.4, -0.2) is 20.2 Å². The van der Waals surface area contributed by atoms with Gasteiger partial charge in [0.2, 0.25) is 5.95 Å². The number of nitrogen functional groups attached to an aromatic ring is 1. The number of H-pyrrole nitrogens is 1. The zero-order valence-electron chi connectivity index (χ0n) is 7.03. The molecule has 0 bridgehead atoms. The maximum Gasteiger partial charge on any atom is 0.222 e. The predicted octanol–water partition coefficient (Wildman–Crippen LogP) is 1.18. The monoisotopic (exact) mass is 210 g/mol. The molecular weight excluding hydrogens is 204 g/mol. The van der Waals surface area contributed by atoms with Gasteiger partial charge in [0.15, 0.2) is 5.82 Å². The molecule has 0 fully saturated rings. The lowest BCUT2D eigenvalue weighted by Gasteiger charge is -2.04. The van der Waals surface area contributed by atoms with Gasteiger partial charge >= 0.3 is 0 Å². The molecule has 7 heteroatoms. The fraction of sp³-hybridized carbons (Fsp3) is 0. The van der Waals surface area contributed by atoms with Crippen molar-refractivity contribution in [2.45, 2.75) is 0 Å². The molecule has 2 rings (SSSR count). The highest BCUT2D eigenvalue weighted by atomic mass is 35.5. The number of hydrogen-bond donors (Lipinski definition) is 3. The zero-order chi connectivity index (χ0) is 9.97. The van der Waals surface area contributed by atoms with Crippen LogP contribution in [0.5, 0.6) is 0 Å². The van der Waals surface area contributed by atoms with Gasteiger partial charge in [-0.2, -0.15) is 10.1 Å². The van der Waals surface area contributed by atoms with E-state index in [0.717, 1.165) is 0 Å². The van der Waals surface area contributed by atoms with E-state index in [4.69, 9.17) is 17.3 Å². The maximum absolute atomic E-state index is 5.84. The van der Waals surface area contributed by atoms with Crippen LogP contribution in [0.2, 0.25) is 5.02 Å². The van der Waals surface area contributed by atoms with Gasteiger partial charge in [-0.25, -0.2) is 4.98 Å². The Hall–Kier alpha value is -1.82. The lowest BCUT2D eigenvalue weighted by molar-refractivity contribution is 1.09. The Morgan fingerprint density at radius 2 is 2.36 bits per heavy atom. The van der Waals surface area contributed by atoms with E-state index in [2.05, 4.69) is 25.5 Å². The van der Waals surface area contributed by atoms with Gasteiger partial charge < -0.3 is 11.1 Å². The van der Waals surface area contributed by atoms with Crippen LogP contribution >= 0.6 is 11.6 Å². The minimum atomic E-state index is 0.163. The third-order valence-corrected chi connectivity index (χ3v) is 1.79. The van der Waals surface area contributed by atoms with Crippen LogP contribution in [0.3, 0.4) is 0 Å². The fourth-order valence-corrected chi connectivity index (χ4v) is 1.06. The van der Waals surface area contributed by atoms with Crippen molar-refractivity contribution >= 4 is 29.2 Å². The standard InChI is InChI=1S/C7H7ClN6/c8-4-3-10-7(9)13-6(4)12-5-1-2-11-14-5/h1-3H,(H4,9,10,11,12,13,14). The molecule has 0 aromatic carbocycles. The normalized spacial score (nSPS) is 10.1. The highest BCUT2D eigenvalue weighted by molar-refractivity contribution is 6.32. The van der Waals surface area contributed by atoms with Crippen molar-refractivity contribution in [1.82, 2.24) is 20.2 Å². The molecule has 0 atom stereocenters. The number of halogens is 1. The quantitative estimate of drug-likeness (QED) is 0.692. The molecule has 0 aliphatic rings. The van der Waals surface area contributed by atoms with Crippen molar-refractivity contribution in [2.24, 2.45) is 0 Å². The van der Waals surface area contributed by atoms with Gasteiger partial charge in [0, 0.05) is 6.07 Å². The Morgan fingerprint density at radius 3 is 3.07 bits per heavy atom. The number of nitrogens with two attached hydrogens (primary N) is 1. The molecule has 2 aromatic rings. The highest BCUT2D eigenvalue weighted by Gasteiger charge is 2.04. The first-order valence-electron chi connectivity index (χ1n) is 3.80. The van der Waals surface area contributed by atoms with E-state index in [9.17, 15) is 0 Å². The summed E-state index contributed by atoms with van der Waals surface area (Å²) in [6.45, 7) is 0. The van der Waals surface area contributed by atoms with Crippen LogP contribution in [0.15, 0.2) is 18.5 Å². The second kappa shape index (κ2) is 3.51. The summed E-state index contributed by atoms with van der Waals surface area (Å²) < 4.78 is 0. The van der Waals surface area contributed by atoms with Crippen LogP contribution in [-0.2, 0) is 0 Å². The summed E-state index contributed by atoms with van der Waals surface area (Å²) in [6, 6.07) is 1.74. The van der Waals surface area contributed by atoms with Crippen LogP contribution in [0.1, 0.15) is 0 Å². The minimum absolute atomic E-state index is 0.163. The molecule has 0 radical (unpaired) electrons. The lowest BCUT2D eigenvalue weighted by Crippen LogP contribution is -2.00. The Balaban J connectivity index is 2.28. The third-order valence-electron chi connectivity index (χ3n) is 1.52. The summed E-state index contributed by atoms with van der Waals surface area (Å²) in [6.07, 6.45) is 3.05. The number of aromatic amines is 1. The van der Waals surface area contributed by atoms with Gasteiger partial charge in [-0.05, 0) is 0 Å². The van der Waals surface area contributed by atoms with E-state index in [-0.39, 0.29) is 5.95 Å². The van der Waals surface area contributed by atoms with E-state index >= 15 is 0 Å². The topological polar surface area (TPSA) is 92.5 Å². The first kappa shape index (κ1) is 8.76. The smallest absolute Gasteiger partial charge is 0.222 e. The largest absolute Gasteiger partial charge is 0.368 e. The zero-order valence-corrected chi connectivity index (χ0v) is 7.78. The van der Waals surface area contributed by atoms with E-state index in [0.29, 0.717) is 16.7 Å². The van der Waals surface area contributed by atoms with Crippen molar-refractivity contribution in [1.29, 1.82) is 0 Å². The van der Waals surface area contributed by atoms with E-state index in [1.54, 1.807) is 12.3 Å². The van der Waals surface area contributed by atoms with Crippen molar-refractivity contribution < 1.29 is 0 Å². The summed E-state index contributed by atoms with van der Waals surface area (Å²) in [5, 5.41) is 9.79. The van der Waals surface area contributed by atoms with Gasteiger partial charge in [0.1, 0.15) is 10.8 Å². The maximum atomic E-state index is 5.84. The molecule has 0 aliphatic heterocycles. The van der Waals surface area contributed by atoms with Gasteiger partial charge in [0.25, 0.3) is 0 Å². The molecule has 6 nitrogen and oxygen atoms in total. The molecule has 0 saturated carbocycles. The van der Waals surface area contributed by atoms with Crippen LogP contribution < -0.4 is 11.1 Å². The molecule has 4 N–H and O–H groups in total. The van der Waals surface area contributed by atoms with Crippen molar-refractivity contribution in [3.8, 4) is 0 Å². The Bertz CT molecular complexity index is 426. The van der Waals surface area contributed by atoms with Gasteiger partial charge in [-0.3, -0.25) is 5.10 Å². The second-order valence-corrected chi connectivity index (χ2v) is 2.93. The number of nitrogens with zero attached hydrogens (tertiary/aromatic N) is 3. The Labute approximate surface area is 84.5 Å². The predicted molar refractivity (Wildman–Crippen MR) is 53.3 cm³/mol. The average molecular weight is 211 g/mol. The minimum Gasteiger partial charge on any atom is -0.368 e. The molecule has 0 spiro atoms. The Kier molecular flexibility index (Phi) is 2.19. The van der Waals surface area contributed by atoms with Crippen molar-refractivity contribution in [2.75, 3.05) is 11.1 Å². The first-order chi connectivity index (χ1) is 6.75. The van der Waals surface area contributed by atoms with Crippen LogP contribution in [0, 0.1) is 0 Å². The number of hydrogen-bond acceptors (Lipinski definition) is 5.